The van der Waals surface area contributed by atoms with Gasteiger partial charge in [-0.3, -0.25) is 4.79 Å². The zero-order valence-corrected chi connectivity index (χ0v) is 12.6. The summed E-state index contributed by atoms with van der Waals surface area (Å²) in [6, 6.07) is 0. The molecule has 1 aliphatic carbocycles. The highest BCUT2D eigenvalue weighted by atomic mass is 32.2. The topological polar surface area (TPSA) is 80.5 Å². The van der Waals surface area contributed by atoms with E-state index >= 15 is 0 Å². The minimum atomic E-state index is -3.37. The number of carbonyl (C=O) groups is 1. The molecule has 2 rings (SSSR count). The molecule has 2 aliphatic rings. The molecular formula is C13H24N2O3S. The van der Waals surface area contributed by atoms with Crippen LogP contribution >= 0.6 is 0 Å². The largest absolute Gasteiger partial charge is 0.341 e. The van der Waals surface area contributed by atoms with Crippen molar-refractivity contribution in [3.63, 3.8) is 0 Å². The van der Waals surface area contributed by atoms with Crippen LogP contribution in [-0.2, 0) is 14.6 Å². The van der Waals surface area contributed by atoms with Gasteiger partial charge in [0.2, 0.25) is 5.91 Å². The first-order valence-electron chi connectivity index (χ1n) is 6.93. The van der Waals surface area contributed by atoms with Crippen molar-refractivity contribution in [2.24, 2.45) is 11.1 Å². The van der Waals surface area contributed by atoms with Crippen LogP contribution in [0.2, 0.25) is 0 Å². The Labute approximate surface area is 115 Å². The molecule has 0 radical (unpaired) electrons. The van der Waals surface area contributed by atoms with Crippen molar-refractivity contribution in [1.29, 1.82) is 0 Å². The molecule has 1 atom stereocenters. The molecule has 0 spiro atoms. The summed E-state index contributed by atoms with van der Waals surface area (Å²) in [4.78, 5) is 14.4. The Morgan fingerprint density at radius 3 is 2.26 bits per heavy atom. The van der Waals surface area contributed by atoms with E-state index in [0.717, 1.165) is 19.3 Å². The second-order valence-corrected chi connectivity index (χ2v) is 8.79. The predicted octanol–water partition coefficient (Wildman–Crippen LogP) is 0.541. The van der Waals surface area contributed by atoms with Crippen LogP contribution in [-0.4, -0.2) is 49.9 Å². The van der Waals surface area contributed by atoms with E-state index < -0.39 is 14.6 Å². The summed E-state index contributed by atoms with van der Waals surface area (Å²) >= 11 is 0. The molecule has 0 aromatic rings. The molecule has 5 nitrogen and oxygen atoms in total. The van der Waals surface area contributed by atoms with E-state index in [4.69, 9.17) is 5.73 Å². The lowest BCUT2D eigenvalue weighted by atomic mass is 9.90. The zero-order valence-electron chi connectivity index (χ0n) is 11.8. The van der Waals surface area contributed by atoms with Crippen LogP contribution in [0.3, 0.4) is 0 Å². The Morgan fingerprint density at radius 2 is 1.84 bits per heavy atom. The molecule has 0 bridgehead atoms. The molecular weight excluding hydrogens is 264 g/mol. The lowest BCUT2D eigenvalue weighted by Gasteiger charge is -2.31. The fourth-order valence-electron chi connectivity index (χ4n) is 3.34. The Kier molecular flexibility index (Phi) is 3.68. The quantitative estimate of drug-likeness (QED) is 0.822. The number of rotatable bonds is 3. The maximum Gasteiger partial charge on any atom is 0.244 e. The molecule has 1 amide bonds. The third-order valence-corrected chi connectivity index (χ3v) is 6.85. The molecule has 2 N–H and O–H groups in total. The van der Waals surface area contributed by atoms with Gasteiger partial charge in [0.1, 0.15) is 0 Å². The number of carbonyl (C=O) groups excluding carboxylic acids is 1. The van der Waals surface area contributed by atoms with E-state index in [0.29, 0.717) is 32.5 Å². The Hall–Kier alpha value is -0.620. The highest BCUT2D eigenvalue weighted by molar-refractivity contribution is 7.92. The van der Waals surface area contributed by atoms with Gasteiger partial charge in [-0.25, -0.2) is 8.42 Å². The maximum absolute atomic E-state index is 12.7. The Bertz CT molecular complexity index is 468. The number of hydrogen-bond acceptors (Lipinski definition) is 4. The van der Waals surface area contributed by atoms with Gasteiger partial charge in [0.25, 0.3) is 0 Å². The van der Waals surface area contributed by atoms with Gasteiger partial charge in [-0.2, -0.15) is 0 Å². The SMILES string of the molecule is CC1(CN)CCN(C(=O)C2(S(C)(=O)=O)CCCC2)C1. The molecule has 0 aromatic heterocycles. The van der Waals surface area contributed by atoms with E-state index in [-0.39, 0.29) is 11.3 Å². The van der Waals surface area contributed by atoms with Gasteiger partial charge in [0.15, 0.2) is 14.6 Å². The molecule has 1 saturated heterocycles. The van der Waals surface area contributed by atoms with Crippen molar-refractivity contribution < 1.29 is 13.2 Å². The van der Waals surface area contributed by atoms with Crippen LogP contribution < -0.4 is 5.73 Å². The highest BCUT2D eigenvalue weighted by Gasteiger charge is 2.53. The number of likely N-dealkylation sites (tertiary alicyclic amines) is 1. The fraction of sp³-hybridized carbons (Fsp3) is 0.923. The van der Waals surface area contributed by atoms with E-state index in [9.17, 15) is 13.2 Å². The number of nitrogens with zero attached hydrogens (tertiary/aromatic N) is 1. The van der Waals surface area contributed by atoms with Gasteiger partial charge in [-0.1, -0.05) is 19.8 Å². The average Bonchev–Trinajstić information content (AvgIpc) is 2.95. The number of nitrogens with two attached hydrogens (primary N) is 1. The van der Waals surface area contributed by atoms with Gasteiger partial charge in [-0.15, -0.1) is 0 Å². The van der Waals surface area contributed by atoms with Crippen molar-refractivity contribution in [2.75, 3.05) is 25.9 Å². The lowest BCUT2D eigenvalue weighted by molar-refractivity contribution is -0.133. The van der Waals surface area contributed by atoms with Crippen LogP contribution in [0.5, 0.6) is 0 Å². The lowest BCUT2D eigenvalue weighted by Crippen LogP contribution is -2.52. The van der Waals surface area contributed by atoms with E-state index in [1.165, 1.54) is 6.26 Å². The van der Waals surface area contributed by atoms with Gasteiger partial charge in [-0.05, 0) is 31.2 Å². The molecule has 19 heavy (non-hydrogen) atoms. The highest BCUT2D eigenvalue weighted by Crippen LogP contribution is 2.40. The van der Waals surface area contributed by atoms with Crippen LogP contribution in [0.1, 0.15) is 39.0 Å². The fourth-order valence-corrected chi connectivity index (χ4v) is 4.82. The smallest absolute Gasteiger partial charge is 0.244 e. The van der Waals surface area contributed by atoms with Crippen LogP contribution in [0, 0.1) is 5.41 Å². The van der Waals surface area contributed by atoms with Crippen molar-refractivity contribution in [3.8, 4) is 0 Å². The van der Waals surface area contributed by atoms with Crippen molar-refractivity contribution in [3.05, 3.63) is 0 Å². The number of hydrogen-bond donors (Lipinski definition) is 1. The predicted molar refractivity (Wildman–Crippen MR) is 74.4 cm³/mol. The van der Waals surface area contributed by atoms with E-state index in [1.54, 1.807) is 4.90 Å². The first-order valence-corrected chi connectivity index (χ1v) is 8.82. The summed E-state index contributed by atoms with van der Waals surface area (Å²) in [5, 5.41) is 0. The summed E-state index contributed by atoms with van der Waals surface area (Å²) in [6.07, 6.45) is 4.64. The molecule has 1 saturated carbocycles. The first-order chi connectivity index (χ1) is 8.74. The molecule has 1 aliphatic heterocycles. The summed E-state index contributed by atoms with van der Waals surface area (Å²) in [6.45, 7) is 3.80. The second-order valence-electron chi connectivity index (χ2n) is 6.47. The summed E-state index contributed by atoms with van der Waals surface area (Å²) < 4.78 is 23.1. The average molecular weight is 288 g/mol. The summed E-state index contributed by atoms with van der Waals surface area (Å²) in [5.74, 6) is -0.190. The monoisotopic (exact) mass is 288 g/mol. The summed E-state index contributed by atoms with van der Waals surface area (Å²) in [5.41, 5.74) is 5.68. The van der Waals surface area contributed by atoms with Gasteiger partial charge >= 0.3 is 0 Å². The maximum atomic E-state index is 12.7. The van der Waals surface area contributed by atoms with Crippen molar-refractivity contribution >= 4 is 15.7 Å². The van der Waals surface area contributed by atoms with Gasteiger partial charge < -0.3 is 10.6 Å². The number of amides is 1. The Balaban J connectivity index is 2.24. The zero-order chi connectivity index (χ0) is 14.3. The standard InChI is InChI=1S/C13H24N2O3S/c1-12(9-14)7-8-15(10-12)11(16)13(19(2,17)18)5-3-4-6-13/h3-10,14H2,1-2H3. The third kappa shape index (κ3) is 2.40. The minimum Gasteiger partial charge on any atom is -0.341 e. The summed E-state index contributed by atoms with van der Waals surface area (Å²) in [7, 11) is -3.37. The second kappa shape index (κ2) is 4.74. The van der Waals surface area contributed by atoms with E-state index in [1.807, 2.05) is 0 Å². The van der Waals surface area contributed by atoms with Crippen LogP contribution in [0.25, 0.3) is 0 Å². The van der Waals surface area contributed by atoms with Crippen molar-refractivity contribution in [1.82, 2.24) is 4.90 Å². The molecule has 0 aromatic carbocycles. The third-order valence-electron chi connectivity index (χ3n) is 4.85. The Morgan fingerprint density at radius 1 is 1.26 bits per heavy atom. The van der Waals surface area contributed by atoms with Crippen molar-refractivity contribution in [2.45, 2.75) is 43.8 Å². The van der Waals surface area contributed by atoms with Gasteiger partial charge in [0.05, 0.1) is 0 Å². The molecule has 1 heterocycles. The first kappa shape index (κ1) is 14.8. The van der Waals surface area contributed by atoms with Crippen LogP contribution in [0.15, 0.2) is 0 Å². The molecule has 2 fully saturated rings. The molecule has 6 heteroatoms. The molecule has 110 valence electrons. The van der Waals surface area contributed by atoms with E-state index in [2.05, 4.69) is 6.92 Å². The van der Waals surface area contributed by atoms with Crippen LogP contribution in [0.4, 0.5) is 0 Å². The normalized spacial score (nSPS) is 30.8. The van der Waals surface area contributed by atoms with Gasteiger partial charge in [0, 0.05) is 19.3 Å². The minimum absolute atomic E-state index is 0.0625. The number of sulfone groups is 1. The molecule has 1 unspecified atom stereocenters.